The van der Waals surface area contributed by atoms with Crippen molar-refractivity contribution in [3.63, 3.8) is 0 Å². The van der Waals surface area contributed by atoms with Gasteiger partial charge in [0, 0.05) is 19.6 Å². The van der Waals surface area contributed by atoms with Crippen molar-refractivity contribution in [2.45, 2.75) is 31.9 Å². The van der Waals surface area contributed by atoms with E-state index in [0.29, 0.717) is 24.5 Å². The summed E-state index contributed by atoms with van der Waals surface area (Å²) < 4.78 is 5.80. The summed E-state index contributed by atoms with van der Waals surface area (Å²) >= 11 is 0. The number of halogens is 1. The van der Waals surface area contributed by atoms with E-state index < -0.39 is 6.10 Å². The van der Waals surface area contributed by atoms with E-state index in [1.807, 2.05) is 17.0 Å². The van der Waals surface area contributed by atoms with Crippen molar-refractivity contribution < 1.29 is 14.3 Å². The minimum absolute atomic E-state index is 0. The predicted molar refractivity (Wildman–Crippen MR) is 114 cm³/mol. The van der Waals surface area contributed by atoms with Gasteiger partial charge in [0.15, 0.2) is 6.10 Å². The van der Waals surface area contributed by atoms with Gasteiger partial charge in [-0.3, -0.25) is 9.59 Å². The van der Waals surface area contributed by atoms with E-state index >= 15 is 0 Å². The van der Waals surface area contributed by atoms with E-state index in [9.17, 15) is 9.59 Å². The molecular formula is C22H26ClN3O3. The van der Waals surface area contributed by atoms with E-state index in [4.69, 9.17) is 4.74 Å². The molecule has 0 spiro atoms. The molecule has 0 saturated carbocycles. The summed E-state index contributed by atoms with van der Waals surface area (Å²) in [4.78, 5) is 27.3. The van der Waals surface area contributed by atoms with Crippen LogP contribution in [-0.4, -0.2) is 42.5 Å². The van der Waals surface area contributed by atoms with Crippen LogP contribution in [0.2, 0.25) is 0 Å². The molecule has 29 heavy (non-hydrogen) atoms. The van der Waals surface area contributed by atoms with Gasteiger partial charge in [0.2, 0.25) is 5.91 Å². The fourth-order valence-corrected chi connectivity index (χ4v) is 3.78. The minimum atomic E-state index is -0.805. The number of rotatable bonds is 4. The van der Waals surface area contributed by atoms with Crippen LogP contribution >= 0.6 is 12.4 Å². The van der Waals surface area contributed by atoms with E-state index in [2.05, 4.69) is 41.8 Å². The van der Waals surface area contributed by atoms with Crippen molar-refractivity contribution >= 4 is 29.9 Å². The molecule has 4 rings (SSSR count). The smallest absolute Gasteiger partial charge is 0.266 e. The molecule has 1 fully saturated rings. The lowest BCUT2D eigenvalue weighted by Crippen LogP contribution is -2.50. The molecule has 2 unspecified atom stereocenters. The molecule has 1 saturated heterocycles. The van der Waals surface area contributed by atoms with Crippen LogP contribution in [0.4, 0.5) is 5.69 Å². The second kappa shape index (κ2) is 9.29. The highest BCUT2D eigenvalue weighted by Crippen LogP contribution is 2.30. The number of carbonyl (C=O) groups is 2. The Morgan fingerprint density at radius 1 is 1.17 bits per heavy atom. The van der Waals surface area contributed by atoms with Gasteiger partial charge >= 0.3 is 0 Å². The Labute approximate surface area is 177 Å². The molecule has 2 aliphatic heterocycles. The van der Waals surface area contributed by atoms with Gasteiger partial charge in [-0.15, -0.1) is 12.4 Å². The van der Waals surface area contributed by atoms with Gasteiger partial charge in [0.25, 0.3) is 5.91 Å². The highest BCUT2D eigenvalue weighted by atomic mass is 35.5. The molecule has 2 aromatic carbocycles. The second-order valence-electron chi connectivity index (χ2n) is 7.20. The first-order valence-corrected chi connectivity index (χ1v) is 9.81. The van der Waals surface area contributed by atoms with Crippen molar-refractivity contribution in [3.8, 4) is 5.75 Å². The largest absolute Gasteiger partial charge is 0.478 e. The summed E-state index contributed by atoms with van der Waals surface area (Å²) in [5.74, 6) is 0.267. The first-order valence-electron chi connectivity index (χ1n) is 9.81. The summed E-state index contributed by atoms with van der Waals surface area (Å²) in [5.41, 5.74) is 3.03. The SMILES string of the molecule is CCc1ccc(C2CNCCN2C(=O)CC2Oc3ccccc3NC2=O)cc1.Cl. The second-order valence-corrected chi connectivity index (χ2v) is 7.20. The Hall–Kier alpha value is -2.57. The molecule has 0 aliphatic carbocycles. The number of aryl methyl sites for hydroxylation is 1. The highest BCUT2D eigenvalue weighted by Gasteiger charge is 2.34. The zero-order chi connectivity index (χ0) is 19.5. The molecule has 2 heterocycles. The average Bonchev–Trinajstić information content (AvgIpc) is 2.74. The number of amides is 2. The fourth-order valence-electron chi connectivity index (χ4n) is 3.78. The average molecular weight is 416 g/mol. The Bertz CT molecular complexity index is 872. The monoisotopic (exact) mass is 415 g/mol. The third-order valence-corrected chi connectivity index (χ3v) is 5.40. The van der Waals surface area contributed by atoms with Crippen LogP contribution in [0.5, 0.6) is 5.75 Å². The molecule has 0 aromatic heterocycles. The molecule has 0 radical (unpaired) electrons. The molecule has 2 atom stereocenters. The number of hydrogen-bond acceptors (Lipinski definition) is 4. The molecule has 2 amide bonds. The lowest BCUT2D eigenvalue weighted by Gasteiger charge is -2.37. The number of piperazine rings is 1. The number of anilines is 1. The number of para-hydroxylation sites is 2. The lowest BCUT2D eigenvalue weighted by atomic mass is 10.00. The third kappa shape index (κ3) is 4.54. The number of fused-ring (bicyclic) bond motifs is 1. The topological polar surface area (TPSA) is 70.7 Å². The maximum Gasteiger partial charge on any atom is 0.266 e. The van der Waals surface area contributed by atoms with Crippen molar-refractivity contribution in [1.29, 1.82) is 0 Å². The van der Waals surface area contributed by atoms with Crippen LogP contribution in [0.25, 0.3) is 0 Å². The summed E-state index contributed by atoms with van der Waals surface area (Å²) in [6.07, 6.45) is 0.214. The quantitative estimate of drug-likeness (QED) is 0.805. The minimum Gasteiger partial charge on any atom is -0.478 e. The third-order valence-electron chi connectivity index (χ3n) is 5.40. The molecule has 154 valence electrons. The number of benzene rings is 2. The van der Waals surface area contributed by atoms with E-state index in [1.54, 1.807) is 12.1 Å². The maximum atomic E-state index is 13.1. The van der Waals surface area contributed by atoms with Gasteiger partial charge in [-0.1, -0.05) is 43.3 Å². The number of carbonyl (C=O) groups excluding carboxylic acids is 2. The summed E-state index contributed by atoms with van der Waals surface area (Å²) in [5, 5.41) is 6.19. The molecule has 2 N–H and O–H groups in total. The van der Waals surface area contributed by atoms with E-state index in [1.165, 1.54) is 5.56 Å². The Kier molecular flexibility index (Phi) is 6.77. The van der Waals surface area contributed by atoms with Gasteiger partial charge in [-0.2, -0.15) is 0 Å². The van der Waals surface area contributed by atoms with Crippen LogP contribution < -0.4 is 15.4 Å². The van der Waals surface area contributed by atoms with Gasteiger partial charge < -0.3 is 20.3 Å². The van der Waals surface area contributed by atoms with Gasteiger partial charge in [-0.05, 0) is 29.7 Å². The number of nitrogens with one attached hydrogen (secondary N) is 2. The zero-order valence-electron chi connectivity index (χ0n) is 16.4. The Morgan fingerprint density at radius 2 is 1.93 bits per heavy atom. The van der Waals surface area contributed by atoms with Crippen molar-refractivity contribution in [2.75, 3.05) is 25.0 Å². The van der Waals surface area contributed by atoms with Crippen LogP contribution in [-0.2, 0) is 16.0 Å². The van der Waals surface area contributed by atoms with Crippen LogP contribution in [0.1, 0.15) is 30.5 Å². The lowest BCUT2D eigenvalue weighted by molar-refractivity contribution is -0.139. The first kappa shape index (κ1) is 21.1. The summed E-state index contributed by atoms with van der Waals surface area (Å²) in [6.45, 7) is 4.19. The van der Waals surface area contributed by atoms with E-state index in [-0.39, 0.29) is 36.7 Å². The fraction of sp³-hybridized carbons (Fsp3) is 0.364. The molecular weight excluding hydrogens is 390 g/mol. The molecule has 6 nitrogen and oxygen atoms in total. The summed E-state index contributed by atoms with van der Waals surface area (Å²) in [6, 6.07) is 15.7. The van der Waals surface area contributed by atoms with Crippen LogP contribution in [0.15, 0.2) is 48.5 Å². The molecule has 0 bridgehead atoms. The first-order chi connectivity index (χ1) is 13.7. The van der Waals surface area contributed by atoms with Gasteiger partial charge in [-0.25, -0.2) is 0 Å². The van der Waals surface area contributed by atoms with Crippen molar-refractivity contribution in [3.05, 3.63) is 59.7 Å². The number of hydrogen-bond donors (Lipinski definition) is 2. The Morgan fingerprint density at radius 3 is 2.69 bits per heavy atom. The van der Waals surface area contributed by atoms with Crippen molar-refractivity contribution in [1.82, 2.24) is 10.2 Å². The van der Waals surface area contributed by atoms with Gasteiger partial charge in [0.1, 0.15) is 5.75 Å². The Balaban J connectivity index is 0.00000240. The van der Waals surface area contributed by atoms with E-state index in [0.717, 1.165) is 18.5 Å². The predicted octanol–water partition coefficient (Wildman–Crippen LogP) is 2.93. The zero-order valence-corrected chi connectivity index (χ0v) is 17.2. The number of nitrogens with zero attached hydrogens (tertiary/aromatic N) is 1. The standard InChI is InChI=1S/C22H25N3O3.ClH/c1-2-15-7-9-16(10-8-15)18-14-23-11-12-25(18)21(26)13-20-22(27)24-17-5-3-4-6-19(17)28-20;/h3-10,18,20,23H,2,11-14H2,1H3,(H,24,27);1H. The van der Waals surface area contributed by atoms with Gasteiger partial charge in [0.05, 0.1) is 18.2 Å². The molecule has 2 aromatic rings. The molecule has 7 heteroatoms. The molecule has 2 aliphatic rings. The van der Waals surface area contributed by atoms with Crippen molar-refractivity contribution in [2.24, 2.45) is 0 Å². The maximum absolute atomic E-state index is 13.1. The normalized spacial score (nSPS) is 20.7. The van der Waals surface area contributed by atoms with Crippen LogP contribution in [0.3, 0.4) is 0 Å². The highest BCUT2D eigenvalue weighted by molar-refractivity contribution is 6.00. The van der Waals surface area contributed by atoms with Crippen LogP contribution in [0, 0.1) is 0 Å². The summed E-state index contributed by atoms with van der Waals surface area (Å²) in [7, 11) is 0. The number of ether oxygens (including phenoxy) is 1.